The van der Waals surface area contributed by atoms with Crippen molar-refractivity contribution < 1.29 is 9.59 Å². The Morgan fingerprint density at radius 3 is 2.27 bits per heavy atom. The van der Waals surface area contributed by atoms with Gasteiger partial charge in [0.2, 0.25) is 11.8 Å². The molecule has 1 N–H and O–H groups in total. The molecule has 0 saturated heterocycles. The summed E-state index contributed by atoms with van der Waals surface area (Å²) in [7, 11) is 0. The summed E-state index contributed by atoms with van der Waals surface area (Å²) in [6.07, 6.45) is 1.35. The molecule has 0 aliphatic carbocycles. The van der Waals surface area contributed by atoms with Crippen LogP contribution in [0.5, 0.6) is 0 Å². The van der Waals surface area contributed by atoms with E-state index in [0.717, 1.165) is 12.0 Å². The Morgan fingerprint density at radius 1 is 0.967 bits per heavy atom. The van der Waals surface area contributed by atoms with Crippen molar-refractivity contribution in [2.75, 3.05) is 0 Å². The summed E-state index contributed by atoms with van der Waals surface area (Å²) in [5.74, 6) is -0.375. The molecule has 0 spiro atoms. The molecule has 162 valence electrons. The van der Waals surface area contributed by atoms with Crippen LogP contribution < -0.4 is 5.32 Å². The second kappa shape index (κ2) is 11.6. The zero-order valence-corrected chi connectivity index (χ0v) is 19.7. The van der Waals surface area contributed by atoms with E-state index >= 15 is 0 Å². The molecule has 0 radical (unpaired) electrons. The largest absolute Gasteiger partial charge is 0.352 e. The summed E-state index contributed by atoms with van der Waals surface area (Å²) >= 11 is 18.6. The van der Waals surface area contributed by atoms with Crippen LogP contribution in [0.4, 0.5) is 0 Å². The van der Waals surface area contributed by atoms with Gasteiger partial charge in [-0.1, -0.05) is 72.9 Å². The fraction of sp³-hybridized carbons (Fsp3) is 0.391. The van der Waals surface area contributed by atoms with Crippen LogP contribution in [-0.4, -0.2) is 28.8 Å². The molecule has 0 fully saturated rings. The van der Waals surface area contributed by atoms with E-state index in [0.29, 0.717) is 27.1 Å². The lowest BCUT2D eigenvalue weighted by molar-refractivity contribution is -0.141. The van der Waals surface area contributed by atoms with E-state index in [1.165, 1.54) is 0 Å². The van der Waals surface area contributed by atoms with Crippen molar-refractivity contribution in [1.29, 1.82) is 0 Å². The van der Waals surface area contributed by atoms with Crippen LogP contribution in [0.15, 0.2) is 42.5 Å². The highest BCUT2D eigenvalue weighted by molar-refractivity contribution is 6.35. The van der Waals surface area contributed by atoms with Gasteiger partial charge >= 0.3 is 0 Å². The number of hydrogen-bond acceptors (Lipinski definition) is 2. The van der Waals surface area contributed by atoms with Gasteiger partial charge in [-0.3, -0.25) is 9.59 Å². The van der Waals surface area contributed by atoms with E-state index in [4.69, 9.17) is 34.8 Å². The van der Waals surface area contributed by atoms with Crippen molar-refractivity contribution in [3.8, 4) is 0 Å². The lowest BCUT2D eigenvalue weighted by atomic mass is 10.1. The molecule has 0 bridgehead atoms. The summed E-state index contributed by atoms with van der Waals surface area (Å²) < 4.78 is 0. The number of amides is 2. The third-order valence-electron chi connectivity index (χ3n) is 5.04. The Labute approximate surface area is 193 Å². The van der Waals surface area contributed by atoms with Crippen molar-refractivity contribution in [3.05, 3.63) is 68.7 Å². The zero-order valence-electron chi connectivity index (χ0n) is 17.4. The molecule has 0 heterocycles. The topological polar surface area (TPSA) is 49.4 Å². The van der Waals surface area contributed by atoms with E-state index in [1.54, 1.807) is 29.2 Å². The average molecular weight is 470 g/mol. The summed E-state index contributed by atoms with van der Waals surface area (Å²) in [5.41, 5.74) is 1.44. The lowest BCUT2D eigenvalue weighted by Crippen LogP contribution is -2.51. The molecule has 2 atom stereocenters. The van der Waals surface area contributed by atoms with E-state index in [9.17, 15) is 9.59 Å². The van der Waals surface area contributed by atoms with E-state index < -0.39 is 6.04 Å². The normalized spacial score (nSPS) is 12.9. The Morgan fingerprint density at radius 2 is 1.67 bits per heavy atom. The highest BCUT2D eigenvalue weighted by atomic mass is 35.5. The third-order valence-corrected chi connectivity index (χ3v) is 6.00. The number of halogens is 3. The zero-order chi connectivity index (χ0) is 22.3. The number of carbonyl (C=O) groups is 2. The Kier molecular flexibility index (Phi) is 9.47. The van der Waals surface area contributed by atoms with Crippen LogP contribution in [0, 0.1) is 0 Å². The van der Waals surface area contributed by atoms with Gasteiger partial charge in [0.05, 0.1) is 6.42 Å². The highest BCUT2D eigenvalue weighted by Gasteiger charge is 2.30. The molecule has 2 aromatic rings. The van der Waals surface area contributed by atoms with E-state index in [-0.39, 0.29) is 30.8 Å². The first-order chi connectivity index (χ1) is 14.3. The Bertz CT molecular complexity index is 889. The highest BCUT2D eigenvalue weighted by Crippen LogP contribution is 2.24. The molecular weight excluding hydrogens is 443 g/mol. The minimum Gasteiger partial charge on any atom is -0.352 e. The van der Waals surface area contributed by atoms with Crippen LogP contribution in [-0.2, 0) is 22.6 Å². The second-order valence-electron chi connectivity index (χ2n) is 7.27. The standard InChI is InChI=1S/C23H27Cl3N2O2/c1-4-15(3)27-23(30)21(5-2)28(14-17-8-6-7-9-19(17)25)22(29)12-16-10-11-18(24)13-20(16)26/h6-11,13,15,21H,4-5,12,14H2,1-3H3,(H,27,30). The maximum Gasteiger partial charge on any atom is 0.243 e. The number of hydrogen-bond donors (Lipinski definition) is 1. The summed E-state index contributed by atoms with van der Waals surface area (Å²) in [4.78, 5) is 27.9. The quantitative estimate of drug-likeness (QED) is 0.496. The lowest BCUT2D eigenvalue weighted by Gasteiger charge is -2.32. The average Bonchev–Trinajstić information content (AvgIpc) is 2.71. The van der Waals surface area contributed by atoms with Gasteiger partial charge < -0.3 is 10.2 Å². The van der Waals surface area contributed by atoms with Crippen LogP contribution >= 0.6 is 34.8 Å². The number of nitrogens with one attached hydrogen (secondary N) is 1. The molecule has 0 aliphatic rings. The number of benzene rings is 2. The van der Waals surface area contributed by atoms with Gasteiger partial charge in [-0.15, -0.1) is 0 Å². The summed E-state index contributed by atoms with van der Waals surface area (Å²) in [6, 6.07) is 11.8. The molecule has 2 amide bonds. The third kappa shape index (κ3) is 6.63. The first kappa shape index (κ1) is 24.5. The molecule has 0 saturated carbocycles. The van der Waals surface area contributed by atoms with Crippen molar-refractivity contribution in [2.24, 2.45) is 0 Å². The maximum atomic E-state index is 13.3. The minimum atomic E-state index is -0.617. The van der Waals surface area contributed by atoms with Crippen molar-refractivity contribution in [3.63, 3.8) is 0 Å². The number of rotatable bonds is 9. The number of nitrogens with zero attached hydrogens (tertiary/aromatic N) is 1. The smallest absolute Gasteiger partial charge is 0.243 e. The van der Waals surface area contributed by atoms with Gasteiger partial charge in [-0.2, -0.15) is 0 Å². The van der Waals surface area contributed by atoms with Crippen LogP contribution in [0.2, 0.25) is 15.1 Å². The Balaban J connectivity index is 2.34. The fourth-order valence-corrected chi connectivity index (χ4v) is 3.77. The minimum absolute atomic E-state index is 0.0227. The van der Waals surface area contributed by atoms with Crippen LogP contribution in [0.3, 0.4) is 0 Å². The number of carbonyl (C=O) groups excluding carboxylic acids is 2. The van der Waals surface area contributed by atoms with E-state index in [1.807, 2.05) is 39.0 Å². The molecule has 30 heavy (non-hydrogen) atoms. The van der Waals surface area contributed by atoms with Gasteiger partial charge in [-0.05, 0) is 49.1 Å². The van der Waals surface area contributed by atoms with Crippen molar-refractivity contribution in [1.82, 2.24) is 10.2 Å². The first-order valence-corrected chi connectivity index (χ1v) is 11.2. The van der Waals surface area contributed by atoms with Crippen molar-refractivity contribution >= 4 is 46.6 Å². The summed E-state index contributed by atoms with van der Waals surface area (Å²) in [6.45, 7) is 6.07. The molecule has 4 nitrogen and oxygen atoms in total. The SMILES string of the molecule is CCC(C)NC(=O)C(CC)N(Cc1ccccc1Cl)C(=O)Cc1ccc(Cl)cc1Cl. The monoisotopic (exact) mass is 468 g/mol. The van der Waals surface area contributed by atoms with Gasteiger partial charge in [0.1, 0.15) is 6.04 Å². The molecule has 2 aromatic carbocycles. The van der Waals surface area contributed by atoms with Crippen molar-refractivity contribution in [2.45, 2.75) is 58.7 Å². The fourth-order valence-electron chi connectivity index (χ4n) is 3.10. The van der Waals surface area contributed by atoms with Gasteiger partial charge in [0.25, 0.3) is 0 Å². The molecule has 0 aliphatic heterocycles. The molecule has 2 rings (SSSR count). The second-order valence-corrected chi connectivity index (χ2v) is 8.52. The van der Waals surface area contributed by atoms with Crippen LogP contribution in [0.1, 0.15) is 44.7 Å². The molecule has 0 aromatic heterocycles. The molecular formula is C23H27Cl3N2O2. The predicted molar refractivity (Wildman–Crippen MR) is 124 cm³/mol. The molecule has 2 unspecified atom stereocenters. The van der Waals surface area contributed by atoms with Gasteiger partial charge in [0, 0.05) is 27.7 Å². The molecule has 7 heteroatoms. The Hall–Kier alpha value is -1.75. The summed E-state index contributed by atoms with van der Waals surface area (Å²) in [5, 5.41) is 4.47. The maximum absolute atomic E-state index is 13.3. The van der Waals surface area contributed by atoms with E-state index in [2.05, 4.69) is 5.32 Å². The predicted octanol–water partition coefficient (Wildman–Crippen LogP) is 5.91. The van der Waals surface area contributed by atoms with Gasteiger partial charge in [0.15, 0.2) is 0 Å². The van der Waals surface area contributed by atoms with Gasteiger partial charge in [-0.25, -0.2) is 0 Å². The first-order valence-electron chi connectivity index (χ1n) is 10.0. The van der Waals surface area contributed by atoms with Crippen LogP contribution in [0.25, 0.3) is 0 Å².